The zero-order chi connectivity index (χ0) is 13.1. The molecule has 92 valence electrons. The molecule has 0 aliphatic heterocycles. The molecule has 2 amide bonds. The predicted octanol–water partition coefficient (Wildman–Crippen LogP) is 0.838. The number of pyridine rings is 1. The summed E-state index contributed by atoms with van der Waals surface area (Å²) in [5, 5.41) is 3.41. The summed E-state index contributed by atoms with van der Waals surface area (Å²) in [7, 11) is 0. The molecule has 5 nitrogen and oxygen atoms in total. The minimum absolute atomic E-state index is 0.356. The van der Waals surface area contributed by atoms with Crippen LogP contribution in [0.1, 0.15) is 17.3 Å². The summed E-state index contributed by atoms with van der Waals surface area (Å²) in [5.74, 6) is -0.929. The molecular weight excluding hydrogens is 230 g/mol. The fourth-order valence-corrected chi connectivity index (χ4v) is 1.63. The van der Waals surface area contributed by atoms with E-state index in [4.69, 9.17) is 5.73 Å². The van der Waals surface area contributed by atoms with Crippen LogP contribution in [0.15, 0.2) is 36.5 Å². The van der Waals surface area contributed by atoms with E-state index in [9.17, 15) is 9.59 Å². The lowest BCUT2D eigenvalue weighted by Gasteiger charge is -2.11. The van der Waals surface area contributed by atoms with Crippen LogP contribution >= 0.6 is 0 Å². The number of carbonyl (C=O) groups is 2. The average molecular weight is 243 g/mol. The molecule has 3 N–H and O–H groups in total. The lowest BCUT2D eigenvalue weighted by molar-refractivity contribution is -0.119. The predicted molar refractivity (Wildman–Crippen MR) is 67.9 cm³/mol. The van der Waals surface area contributed by atoms with E-state index in [0.717, 1.165) is 5.39 Å². The summed E-state index contributed by atoms with van der Waals surface area (Å²) >= 11 is 0. The molecule has 0 bridgehead atoms. The molecule has 0 saturated heterocycles. The lowest BCUT2D eigenvalue weighted by atomic mass is 10.1. The van der Waals surface area contributed by atoms with Gasteiger partial charge in [-0.25, -0.2) is 0 Å². The van der Waals surface area contributed by atoms with E-state index in [1.165, 1.54) is 0 Å². The van der Waals surface area contributed by atoms with Gasteiger partial charge in [0, 0.05) is 11.6 Å². The maximum atomic E-state index is 12.0. The van der Waals surface area contributed by atoms with E-state index in [1.54, 1.807) is 31.3 Å². The van der Waals surface area contributed by atoms with Gasteiger partial charge in [0.15, 0.2) is 0 Å². The van der Waals surface area contributed by atoms with Gasteiger partial charge >= 0.3 is 0 Å². The number of amides is 2. The van der Waals surface area contributed by atoms with Gasteiger partial charge in [0.25, 0.3) is 5.91 Å². The molecule has 1 atom stereocenters. The Morgan fingerprint density at radius 2 is 2.00 bits per heavy atom. The first-order valence-corrected chi connectivity index (χ1v) is 5.53. The van der Waals surface area contributed by atoms with Crippen molar-refractivity contribution in [1.82, 2.24) is 10.3 Å². The van der Waals surface area contributed by atoms with Crippen molar-refractivity contribution in [3.8, 4) is 0 Å². The molecule has 2 aromatic rings. The molecule has 1 heterocycles. The molecule has 2 rings (SSSR count). The van der Waals surface area contributed by atoms with E-state index in [-0.39, 0.29) is 5.91 Å². The monoisotopic (exact) mass is 243 g/mol. The quantitative estimate of drug-likeness (QED) is 0.837. The third kappa shape index (κ3) is 2.29. The molecule has 1 aromatic carbocycles. The van der Waals surface area contributed by atoms with Gasteiger partial charge in [-0.15, -0.1) is 0 Å². The van der Waals surface area contributed by atoms with Crippen LogP contribution in [0.4, 0.5) is 0 Å². The number of fused-ring (bicyclic) bond motifs is 1. The van der Waals surface area contributed by atoms with E-state index in [1.807, 2.05) is 12.1 Å². The number of hydrogen-bond acceptors (Lipinski definition) is 3. The molecule has 0 radical (unpaired) electrons. The Bertz CT molecular complexity index is 605. The Labute approximate surface area is 104 Å². The molecule has 0 saturated carbocycles. The van der Waals surface area contributed by atoms with Crippen LogP contribution in [0.25, 0.3) is 10.9 Å². The van der Waals surface area contributed by atoms with Gasteiger partial charge in [0.2, 0.25) is 5.91 Å². The van der Waals surface area contributed by atoms with Gasteiger partial charge in [0.05, 0.1) is 11.1 Å². The molecule has 5 heteroatoms. The highest BCUT2D eigenvalue weighted by atomic mass is 16.2. The number of primary amides is 1. The van der Waals surface area contributed by atoms with Gasteiger partial charge < -0.3 is 11.1 Å². The molecule has 0 aliphatic rings. The number of nitrogens with two attached hydrogens (primary N) is 1. The Balaban J connectivity index is 2.36. The van der Waals surface area contributed by atoms with Crippen LogP contribution in [-0.4, -0.2) is 22.8 Å². The SMILES string of the molecule is C[C@H](NC(=O)c1cccc2cccnc12)C(N)=O. The molecule has 0 unspecified atom stereocenters. The fourth-order valence-electron chi connectivity index (χ4n) is 1.63. The first-order valence-electron chi connectivity index (χ1n) is 5.53. The van der Waals surface area contributed by atoms with Crippen molar-refractivity contribution >= 4 is 22.7 Å². The number of nitrogens with one attached hydrogen (secondary N) is 1. The van der Waals surface area contributed by atoms with Crippen molar-refractivity contribution in [3.05, 3.63) is 42.1 Å². The highest BCUT2D eigenvalue weighted by Gasteiger charge is 2.15. The topological polar surface area (TPSA) is 85.1 Å². The number of carbonyl (C=O) groups excluding carboxylic acids is 2. The molecular formula is C13H13N3O2. The Morgan fingerprint density at radius 1 is 1.28 bits per heavy atom. The number of benzene rings is 1. The van der Waals surface area contributed by atoms with E-state index in [2.05, 4.69) is 10.3 Å². The summed E-state index contributed by atoms with van der Waals surface area (Å²) in [6, 6.07) is 8.27. The second kappa shape index (κ2) is 4.83. The van der Waals surface area contributed by atoms with Crippen LogP contribution in [0, 0.1) is 0 Å². The van der Waals surface area contributed by atoms with Crippen molar-refractivity contribution in [2.75, 3.05) is 0 Å². The minimum atomic E-state index is -0.712. The second-order valence-electron chi connectivity index (χ2n) is 3.98. The summed E-state index contributed by atoms with van der Waals surface area (Å²) in [6.45, 7) is 1.54. The largest absolute Gasteiger partial charge is 0.368 e. The third-order valence-electron chi connectivity index (χ3n) is 2.65. The molecule has 0 aliphatic carbocycles. The normalized spacial score (nSPS) is 12.1. The van der Waals surface area contributed by atoms with Crippen molar-refractivity contribution in [1.29, 1.82) is 0 Å². The highest BCUT2D eigenvalue weighted by Crippen LogP contribution is 2.15. The van der Waals surface area contributed by atoms with Crippen molar-refractivity contribution in [2.24, 2.45) is 5.73 Å². The van der Waals surface area contributed by atoms with Crippen LogP contribution in [0.2, 0.25) is 0 Å². The molecule has 0 fully saturated rings. The van der Waals surface area contributed by atoms with Gasteiger partial charge in [-0.05, 0) is 19.1 Å². The van der Waals surface area contributed by atoms with Gasteiger partial charge in [-0.3, -0.25) is 14.6 Å². The second-order valence-corrected chi connectivity index (χ2v) is 3.98. The number of aromatic nitrogens is 1. The standard InChI is InChI=1S/C13H13N3O2/c1-8(12(14)17)16-13(18)10-6-2-4-9-5-3-7-15-11(9)10/h2-8H,1H3,(H2,14,17)(H,16,18)/t8-/m0/s1. The average Bonchev–Trinajstić information content (AvgIpc) is 2.37. The number of nitrogens with zero attached hydrogens (tertiary/aromatic N) is 1. The molecule has 1 aromatic heterocycles. The van der Waals surface area contributed by atoms with Gasteiger partial charge in [0.1, 0.15) is 6.04 Å². The van der Waals surface area contributed by atoms with Crippen molar-refractivity contribution < 1.29 is 9.59 Å². The Kier molecular flexibility index (Phi) is 3.23. The van der Waals surface area contributed by atoms with Gasteiger partial charge in [-0.2, -0.15) is 0 Å². The maximum Gasteiger partial charge on any atom is 0.254 e. The fraction of sp³-hybridized carbons (Fsp3) is 0.154. The first-order chi connectivity index (χ1) is 8.59. The maximum absolute atomic E-state index is 12.0. The zero-order valence-electron chi connectivity index (χ0n) is 9.88. The van der Waals surface area contributed by atoms with Crippen LogP contribution in [0.5, 0.6) is 0 Å². The summed E-state index contributed by atoms with van der Waals surface area (Å²) < 4.78 is 0. The molecule has 18 heavy (non-hydrogen) atoms. The molecule has 0 spiro atoms. The number of rotatable bonds is 3. The Hall–Kier alpha value is -2.43. The van der Waals surface area contributed by atoms with Crippen LogP contribution in [-0.2, 0) is 4.79 Å². The Morgan fingerprint density at radius 3 is 2.72 bits per heavy atom. The van der Waals surface area contributed by atoms with E-state index < -0.39 is 11.9 Å². The summed E-state index contributed by atoms with van der Waals surface area (Å²) in [5.41, 5.74) is 6.14. The van der Waals surface area contributed by atoms with E-state index >= 15 is 0 Å². The van der Waals surface area contributed by atoms with Crippen LogP contribution in [0.3, 0.4) is 0 Å². The smallest absolute Gasteiger partial charge is 0.254 e. The lowest BCUT2D eigenvalue weighted by Crippen LogP contribution is -2.42. The van der Waals surface area contributed by atoms with E-state index in [0.29, 0.717) is 11.1 Å². The summed E-state index contributed by atoms with van der Waals surface area (Å²) in [6.07, 6.45) is 1.62. The van der Waals surface area contributed by atoms with Crippen LogP contribution < -0.4 is 11.1 Å². The minimum Gasteiger partial charge on any atom is -0.368 e. The van der Waals surface area contributed by atoms with Gasteiger partial charge in [-0.1, -0.05) is 18.2 Å². The van der Waals surface area contributed by atoms with Crippen molar-refractivity contribution in [3.63, 3.8) is 0 Å². The van der Waals surface area contributed by atoms with Crippen molar-refractivity contribution in [2.45, 2.75) is 13.0 Å². The zero-order valence-corrected chi connectivity index (χ0v) is 9.88. The third-order valence-corrected chi connectivity index (χ3v) is 2.65. The first kappa shape index (κ1) is 12.0. The summed E-state index contributed by atoms with van der Waals surface area (Å²) in [4.78, 5) is 27.1. The number of hydrogen-bond donors (Lipinski definition) is 2. The number of para-hydroxylation sites is 1. The highest BCUT2D eigenvalue weighted by molar-refractivity contribution is 6.06.